The molecule has 0 saturated heterocycles. The molecule has 7 aromatic rings. The van der Waals surface area contributed by atoms with Gasteiger partial charge in [-0.3, -0.25) is 0 Å². The van der Waals surface area contributed by atoms with Gasteiger partial charge in [-0.1, -0.05) is 111 Å². The third kappa shape index (κ3) is 25.5. The summed E-state index contributed by atoms with van der Waals surface area (Å²) < 4.78 is 46.2. The lowest BCUT2D eigenvalue weighted by Gasteiger charge is -2.17. The molecule has 6 atom stereocenters. The molecule has 0 spiro atoms. The smallest absolute Gasteiger partial charge is 0.247 e. The quantitative estimate of drug-likeness (QED) is 0.0335. The molecule has 99 heavy (non-hydrogen) atoms. The zero-order chi connectivity index (χ0) is 71.4. The average molecular weight is 1350 g/mol. The SMILES string of the molecule is CC(C)=CCC[C@H](C)CCOc1ccc(-c2nnc3n2c2nnc(-c4ccc(OCC[C@@H](C)CCC=C(C)C)c(OCC[C@@H](C)CCC=C(C)C)c4)n2c2nnc(-c4ccc(OCC[C@@H](C)CCC=C(C)C)c(OCC[C@@H](C)CCC=C(C)C)c4)n32)cc1OCC[C@@H](C)CCC=C(C)C. The van der Waals surface area contributed by atoms with E-state index in [0.717, 1.165) is 132 Å². The number of nitrogens with zero attached hydrogens (tertiary/aromatic N) is 9. The highest BCUT2D eigenvalue weighted by Crippen LogP contribution is 2.39. The number of hydrogen-bond acceptors (Lipinski definition) is 12. The Balaban J connectivity index is 1.36. The zero-order valence-corrected chi connectivity index (χ0v) is 64.1. The molecule has 15 heteroatoms. The molecule has 0 fully saturated rings. The van der Waals surface area contributed by atoms with E-state index in [1.54, 1.807) is 0 Å². The molecule has 0 radical (unpaired) electrons. The summed E-state index contributed by atoms with van der Waals surface area (Å²) in [7, 11) is 0. The van der Waals surface area contributed by atoms with Crippen molar-refractivity contribution in [1.82, 2.24) is 43.8 Å². The van der Waals surface area contributed by atoms with Gasteiger partial charge < -0.3 is 28.4 Å². The van der Waals surface area contributed by atoms with Crippen LogP contribution in [0.4, 0.5) is 0 Å². The minimum absolute atomic E-state index is 0.443. The molecule has 0 aliphatic rings. The Morgan fingerprint density at radius 2 is 0.465 bits per heavy atom. The van der Waals surface area contributed by atoms with Gasteiger partial charge in [0.15, 0.2) is 52.0 Å². The number of ether oxygens (including phenoxy) is 6. The third-order valence-electron chi connectivity index (χ3n) is 18.6. The summed E-state index contributed by atoms with van der Waals surface area (Å²) in [5, 5.41) is 30.2. The fourth-order valence-electron chi connectivity index (χ4n) is 12.0. The van der Waals surface area contributed by atoms with Crippen molar-refractivity contribution in [3.05, 3.63) is 124 Å². The summed E-state index contributed by atoms with van der Waals surface area (Å²) in [5.74, 6) is 9.80. The number of aromatic nitrogens is 9. The van der Waals surface area contributed by atoms with Crippen LogP contribution in [-0.4, -0.2) is 83.4 Å². The summed E-state index contributed by atoms with van der Waals surface area (Å²) in [5.41, 5.74) is 10.4. The van der Waals surface area contributed by atoms with Crippen molar-refractivity contribution in [3.63, 3.8) is 0 Å². The highest BCUT2D eigenvalue weighted by atomic mass is 16.5. The molecule has 0 unspecified atom stereocenters. The van der Waals surface area contributed by atoms with Gasteiger partial charge in [-0.05, 0) is 289 Å². The minimum Gasteiger partial charge on any atom is -0.490 e. The van der Waals surface area contributed by atoms with Crippen molar-refractivity contribution in [2.45, 2.75) is 240 Å². The van der Waals surface area contributed by atoms with Crippen LogP contribution in [0.2, 0.25) is 0 Å². The van der Waals surface area contributed by atoms with Gasteiger partial charge in [0, 0.05) is 16.7 Å². The Morgan fingerprint density at radius 3 is 0.657 bits per heavy atom. The van der Waals surface area contributed by atoms with E-state index in [1.165, 1.54) is 33.4 Å². The Morgan fingerprint density at radius 1 is 0.273 bits per heavy atom. The Hall–Kier alpha value is -7.68. The van der Waals surface area contributed by atoms with Gasteiger partial charge in [-0.2, -0.15) is 0 Å². The topological polar surface area (TPSA) is 146 Å². The molecule has 540 valence electrons. The Labute approximate surface area is 595 Å². The monoisotopic (exact) mass is 1350 g/mol. The maximum atomic E-state index is 6.80. The van der Waals surface area contributed by atoms with Crippen LogP contribution in [0.1, 0.15) is 240 Å². The summed E-state index contributed by atoms with van der Waals surface area (Å²) in [6.07, 6.45) is 32.2. The van der Waals surface area contributed by atoms with E-state index in [0.29, 0.717) is 144 Å². The van der Waals surface area contributed by atoms with Gasteiger partial charge in [-0.15, -0.1) is 30.6 Å². The lowest BCUT2D eigenvalue weighted by Crippen LogP contribution is -2.09. The largest absolute Gasteiger partial charge is 0.490 e. The number of hydrogen-bond donors (Lipinski definition) is 0. The van der Waals surface area contributed by atoms with Gasteiger partial charge in [-0.25, -0.2) is 13.2 Å². The molecule has 15 nitrogen and oxygen atoms in total. The van der Waals surface area contributed by atoms with Gasteiger partial charge in [0.1, 0.15) is 0 Å². The van der Waals surface area contributed by atoms with Crippen molar-refractivity contribution in [3.8, 4) is 68.7 Å². The highest BCUT2D eigenvalue weighted by molar-refractivity contribution is 5.74. The first-order valence-corrected chi connectivity index (χ1v) is 37.4. The van der Waals surface area contributed by atoms with E-state index in [9.17, 15) is 0 Å². The first-order valence-electron chi connectivity index (χ1n) is 37.4. The second-order valence-electron chi connectivity index (χ2n) is 30.1. The maximum Gasteiger partial charge on any atom is 0.247 e. The van der Waals surface area contributed by atoms with E-state index in [1.807, 2.05) is 67.8 Å². The van der Waals surface area contributed by atoms with Gasteiger partial charge in [0.05, 0.1) is 39.6 Å². The molecule has 0 aliphatic heterocycles. The van der Waals surface area contributed by atoms with Crippen LogP contribution in [0.25, 0.3) is 51.5 Å². The van der Waals surface area contributed by atoms with Crippen LogP contribution in [0.3, 0.4) is 0 Å². The summed E-state index contributed by atoms with van der Waals surface area (Å²) >= 11 is 0. The van der Waals surface area contributed by atoms with Gasteiger partial charge >= 0.3 is 0 Å². The van der Waals surface area contributed by atoms with Crippen LogP contribution < -0.4 is 28.4 Å². The van der Waals surface area contributed by atoms with Crippen LogP contribution in [-0.2, 0) is 0 Å². The molecular formula is C84H123N9O6. The van der Waals surface area contributed by atoms with E-state index < -0.39 is 0 Å². The molecule has 0 amide bonds. The van der Waals surface area contributed by atoms with Crippen molar-refractivity contribution >= 4 is 17.3 Å². The first-order chi connectivity index (χ1) is 47.5. The summed E-state index contributed by atoms with van der Waals surface area (Å²) in [6.45, 7) is 43.0. The third-order valence-corrected chi connectivity index (χ3v) is 18.6. The molecule has 4 heterocycles. The van der Waals surface area contributed by atoms with E-state index >= 15 is 0 Å². The molecule has 0 N–H and O–H groups in total. The number of rotatable bonds is 45. The Bertz CT molecular complexity index is 3400. The molecule has 0 saturated carbocycles. The fraction of sp³-hybridized carbons (Fsp3) is 0.571. The van der Waals surface area contributed by atoms with Crippen LogP contribution in [0.5, 0.6) is 34.5 Å². The number of benzene rings is 3. The van der Waals surface area contributed by atoms with Crippen molar-refractivity contribution in [2.75, 3.05) is 39.6 Å². The molecule has 0 aliphatic carbocycles. The van der Waals surface area contributed by atoms with Crippen molar-refractivity contribution in [2.24, 2.45) is 35.5 Å². The van der Waals surface area contributed by atoms with E-state index in [2.05, 4.69) is 161 Å². The van der Waals surface area contributed by atoms with Crippen LogP contribution in [0.15, 0.2) is 124 Å². The number of fused-ring (bicyclic) bond motifs is 6. The highest BCUT2D eigenvalue weighted by Gasteiger charge is 2.27. The number of allylic oxidation sites excluding steroid dienone is 12. The predicted octanol–water partition coefficient (Wildman–Crippen LogP) is 22.7. The molecular weight excluding hydrogens is 1230 g/mol. The van der Waals surface area contributed by atoms with E-state index in [4.69, 9.17) is 59.0 Å². The maximum absolute atomic E-state index is 6.80. The molecule has 4 aromatic heterocycles. The lowest BCUT2D eigenvalue weighted by atomic mass is 10.0. The predicted molar refractivity (Wildman–Crippen MR) is 410 cm³/mol. The second-order valence-corrected chi connectivity index (χ2v) is 30.1. The summed E-state index contributed by atoms with van der Waals surface area (Å²) in [4.78, 5) is 0. The van der Waals surface area contributed by atoms with Crippen molar-refractivity contribution in [1.29, 1.82) is 0 Å². The zero-order valence-electron chi connectivity index (χ0n) is 64.1. The molecule has 3 aromatic carbocycles. The van der Waals surface area contributed by atoms with Crippen molar-refractivity contribution < 1.29 is 28.4 Å². The normalized spacial score (nSPS) is 13.3. The van der Waals surface area contributed by atoms with Gasteiger partial charge in [0.2, 0.25) is 17.3 Å². The average Bonchev–Trinajstić information content (AvgIpc) is 1.56. The lowest BCUT2D eigenvalue weighted by molar-refractivity contribution is 0.240. The standard InChI is InChI=1S/C84H123N9O6/c1-58(2)25-19-31-64(13)43-49-94-73-40-37-70(55-76(73)97-52-46-67(16)34-22-28-61(7)8)79-85-88-82-91(79)83-89-86-80(71-38-41-74(95-50-44-65(14)32-20-26-59(3)4)77(56-71)98-53-47-68(17)35-23-29-62(9)10)93(83)84-90-87-81(92(82)84)72-39-42-75(96-51-45-66(15)33-21-27-60(5)6)78(57-72)99-54-48-69(18)36-24-30-63(11)12/h25-30,37-42,55-57,64-69H,19-24,31-36,43-54H2,1-18H3/t64-,65-,66-,67-,68-,69-/m0/s1. The van der Waals surface area contributed by atoms with Crippen LogP contribution >= 0.6 is 0 Å². The Kier molecular flexibility index (Phi) is 32.2. The minimum atomic E-state index is 0.443. The molecule has 7 rings (SSSR count). The summed E-state index contributed by atoms with van der Waals surface area (Å²) in [6, 6.07) is 18.2. The van der Waals surface area contributed by atoms with Gasteiger partial charge in [0.25, 0.3) is 0 Å². The fourth-order valence-corrected chi connectivity index (χ4v) is 12.0. The van der Waals surface area contributed by atoms with E-state index in [-0.39, 0.29) is 0 Å². The second kappa shape index (κ2) is 40.5. The first kappa shape index (κ1) is 78.7. The molecule has 0 bridgehead atoms. The van der Waals surface area contributed by atoms with Crippen LogP contribution in [0, 0.1) is 35.5 Å².